The van der Waals surface area contributed by atoms with Gasteiger partial charge in [0.15, 0.2) is 17.1 Å². The third-order valence-corrected chi connectivity index (χ3v) is 3.74. The second-order valence-electron chi connectivity index (χ2n) is 5.37. The van der Waals surface area contributed by atoms with Gasteiger partial charge in [0.1, 0.15) is 17.5 Å². The molecule has 0 atom stereocenters. The summed E-state index contributed by atoms with van der Waals surface area (Å²) in [6.07, 6.45) is 0. The minimum absolute atomic E-state index is 0.177. The minimum atomic E-state index is 0.177. The minimum Gasteiger partial charge on any atom is -0.491 e. The van der Waals surface area contributed by atoms with Gasteiger partial charge in [-0.15, -0.1) is 15.3 Å². The van der Waals surface area contributed by atoms with E-state index in [2.05, 4.69) is 25.4 Å². The molecule has 4 aromatic rings. The fourth-order valence-electron chi connectivity index (χ4n) is 2.35. The van der Waals surface area contributed by atoms with E-state index < -0.39 is 0 Å². The molecule has 0 fully saturated rings. The van der Waals surface area contributed by atoms with Gasteiger partial charge < -0.3 is 14.0 Å². The lowest BCUT2D eigenvalue weighted by Crippen LogP contribution is -2.05. The zero-order chi connectivity index (χ0) is 18.1. The fraction of sp³-hybridized carbons (Fsp3) is 0.188. The van der Waals surface area contributed by atoms with Crippen LogP contribution in [-0.4, -0.2) is 37.1 Å². The van der Waals surface area contributed by atoms with Crippen LogP contribution in [0, 0.1) is 6.92 Å². The van der Waals surface area contributed by atoms with Gasteiger partial charge in [-0.25, -0.2) is 4.98 Å². The number of ether oxygens (including phenoxy) is 2. The number of hydrogen-bond acceptors (Lipinski definition) is 8. The molecule has 9 nitrogen and oxygen atoms in total. The molecule has 0 spiro atoms. The number of aryl methyl sites for hydroxylation is 1. The molecular weight excluding hydrogens is 360 g/mol. The molecule has 26 heavy (non-hydrogen) atoms. The third-order valence-electron chi connectivity index (χ3n) is 3.53. The Morgan fingerprint density at radius 3 is 2.85 bits per heavy atom. The van der Waals surface area contributed by atoms with Crippen LogP contribution >= 0.6 is 11.6 Å². The summed E-state index contributed by atoms with van der Waals surface area (Å²) in [6.45, 7) is 1.97. The number of nitrogens with zero attached hydrogens (tertiary/aromatic N) is 6. The van der Waals surface area contributed by atoms with Crippen molar-refractivity contribution in [1.82, 2.24) is 30.0 Å². The summed E-state index contributed by atoms with van der Waals surface area (Å²) in [6, 6.07) is 8.72. The molecule has 0 unspecified atom stereocenters. The first-order valence-electron chi connectivity index (χ1n) is 7.62. The fourth-order valence-corrected chi connectivity index (χ4v) is 2.53. The molecule has 0 aliphatic rings. The Bertz CT molecular complexity index is 1080. The van der Waals surface area contributed by atoms with Crippen LogP contribution < -0.4 is 9.47 Å². The molecule has 0 bridgehead atoms. The molecule has 4 aromatic heterocycles. The molecule has 0 N–H and O–H groups in total. The summed E-state index contributed by atoms with van der Waals surface area (Å²) in [5, 5.41) is 17.0. The van der Waals surface area contributed by atoms with Crippen LogP contribution in [0.4, 0.5) is 0 Å². The molecule has 4 heterocycles. The van der Waals surface area contributed by atoms with Crippen LogP contribution in [0.25, 0.3) is 17.2 Å². The van der Waals surface area contributed by atoms with Crippen molar-refractivity contribution in [3.63, 3.8) is 0 Å². The number of pyridine rings is 1. The molecular formula is C16H13ClN6O3. The van der Waals surface area contributed by atoms with E-state index in [1.54, 1.807) is 37.3 Å². The number of methoxy groups -OCH3 is 1. The highest BCUT2D eigenvalue weighted by Crippen LogP contribution is 2.28. The lowest BCUT2D eigenvalue weighted by molar-refractivity contribution is 0.264. The van der Waals surface area contributed by atoms with Gasteiger partial charge in [-0.3, -0.25) is 0 Å². The van der Waals surface area contributed by atoms with E-state index in [-0.39, 0.29) is 12.5 Å². The van der Waals surface area contributed by atoms with E-state index in [0.29, 0.717) is 39.5 Å². The molecule has 0 aromatic carbocycles. The van der Waals surface area contributed by atoms with E-state index in [0.717, 1.165) is 0 Å². The number of halogens is 1. The van der Waals surface area contributed by atoms with Gasteiger partial charge in [0.2, 0.25) is 5.82 Å². The normalized spacial score (nSPS) is 11.0. The Kier molecular flexibility index (Phi) is 4.13. The Morgan fingerprint density at radius 2 is 2.12 bits per heavy atom. The van der Waals surface area contributed by atoms with Gasteiger partial charge in [-0.1, -0.05) is 22.8 Å². The Balaban J connectivity index is 1.71. The molecule has 4 rings (SSSR count). The Hall–Kier alpha value is -3.20. The molecule has 0 aliphatic heterocycles. The number of rotatable bonds is 5. The highest BCUT2D eigenvalue weighted by atomic mass is 35.5. The van der Waals surface area contributed by atoms with Crippen molar-refractivity contribution in [1.29, 1.82) is 0 Å². The maximum Gasteiger partial charge on any atom is 0.275 e. The van der Waals surface area contributed by atoms with Gasteiger partial charge in [-0.05, 0) is 19.1 Å². The summed E-state index contributed by atoms with van der Waals surface area (Å²) in [5.41, 5.74) is 1.68. The van der Waals surface area contributed by atoms with Crippen LogP contribution in [0.15, 0.2) is 34.9 Å². The maximum absolute atomic E-state index is 5.90. The Labute approximate surface area is 152 Å². The predicted octanol–water partition coefficient (Wildman–Crippen LogP) is 2.72. The Morgan fingerprint density at radius 1 is 1.23 bits per heavy atom. The van der Waals surface area contributed by atoms with Crippen molar-refractivity contribution < 1.29 is 14.0 Å². The van der Waals surface area contributed by atoms with Gasteiger partial charge >= 0.3 is 0 Å². The lowest BCUT2D eigenvalue weighted by Gasteiger charge is -2.09. The van der Waals surface area contributed by atoms with Crippen LogP contribution in [0.3, 0.4) is 0 Å². The van der Waals surface area contributed by atoms with Crippen LogP contribution in [0.5, 0.6) is 11.6 Å². The van der Waals surface area contributed by atoms with Crippen molar-refractivity contribution in [2.75, 3.05) is 7.11 Å². The highest BCUT2D eigenvalue weighted by Gasteiger charge is 2.17. The number of fused-ring (bicyclic) bond motifs is 1. The van der Waals surface area contributed by atoms with Gasteiger partial charge in [0.25, 0.3) is 5.88 Å². The van der Waals surface area contributed by atoms with E-state index in [1.165, 1.54) is 11.6 Å². The first-order chi connectivity index (χ1) is 12.6. The molecule has 0 amide bonds. The van der Waals surface area contributed by atoms with Crippen LogP contribution in [0.1, 0.15) is 11.5 Å². The second kappa shape index (κ2) is 6.60. The largest absolute Gasteiger partial charge is 0.491 e. The molecule has 0 saturated carbocycles. The summed E-state index contributed by atoms with van der Waals surface area (Å²) in [5.74, 6) is 1.79. The van der Waals surface area contributed by atoms with E-state index in [9.17, 15) is 0 Å². The van der Waals surface area contributed by atoms with E-state index in [1.807, 2.05) is 0 Å². The number of hydrogen-bond donors (Lipinski definition) is 0. The predicted molar refractivity (Wildman–Crippen MR) is 91.1 cm³/mol. The molecule has 10 heteroatoms. The zero-order valence-electron chi connectivity index (χ0n) is 13.9. The maximum atomic E-state index is 5.90. The molecule has 0 aliphatic carbocycles. The summed E-state index contributed by atoms with van der Waals surface area (Å²) in [7, 11) is 1.52. The standard InChI is InChI=1S/C16H13ClN6O3/c1-9-6-11(22-26-9)15-20-19-14-7-12(24-2)16(21-23(14)15)25-8-10-4-3-5-13(17)18-10/h3-7H,8H2,1-2H3. The topological polar surface area (TPSA) is 100 Å². The summed E-state index contributed by atoms with van der Waals surface area (Å²) in [4.78, 5) is 4.18. The van der Waals surface area contributed by atoms with Crippen molar-refractivity contribution >= 4 is 17.2 Å². The monoisotopic (exact) mass is 372 g/mol. The van der Waals surface area contributed by atoms with Crippen molar-refractivity contribution in [3.05, 3.63) is 46.9 Å². The SMILES string of the molecule is COc1cc2nnc(-c3cc(C)on3)n2nc1OCc1cccc(Cl)n1. The number of aromatic nitrogens is 6. The summed E-state index contributed by atoms with van der Waals surface area (Å²) < 4.78 is 17.7. The molecule has 0 radical (unpaired) electrons. The van der Waals surface area contributed by atoms with Gasteiger partial charge in [0.05, 0.1) is 12.8 Å². The summed E-state index contributed by atoms with van der Waals surface area (Å²) >= 11 is 5.90. The van der Waals surface area contributed by atoms with Gasteiger partial charge in [0, 0.05) is 12.1 Å². The average molecular weight is 373 g/mol. The lowest BCUT2D eigenvalue weighted by atomic mass is 10.3. The second-order valence-corrected chi connectivity index (χ2v) is 5.76. The highest BCUT2D eigenvalue weighted by molar-refractivity contribution is 6.29. The van der Waals surface area contributed by atoms with E-state index >= 15 is 0 Å². The first-order valence-corrected chi connectivity index (χ1v) is 8.00. The molecule has 0 saturated heterocycles. The van der Waals surface area contributed by atoms with E-state index in [4.69, 9.17) is 25.6 Å². The van der Waals surface area contributed by atoms with Crippen molar-refractivity contribution in [2.24, 2.45) is 0 Å². The molecule has 132 valence electrons. The smallest absolute Gasteiger partial charge is 0.275 e. The quantitative estimate of drug-likeness (QED) is 0.493. The third kappa shape index (κ3) is 3.04. The first kappa shape index (κ1) is 16.3. The zero-order valence-corrected chi connectivity index (χ0v) is 14.6. The average Bonchev–Trinajstić information content (AvgIpc) is 3.24. The van der Waals surface area contributed by atoms with Crippen molar-refractivity contribution in [3.8, 4) is 23.1 Å². The van der Waals surface area contributed by atoms with Gasteiger partial charge in [-0.2, -0.15) is 4.52 Å². The van der Waals surface area contributed by atoms with Crippen LogP contribution in [0.2, 0.25) is 5.15 Å². The van der Waals surface area contributed by atoms with Crippen molar-refractivity contribution in [2.45, 2.75) is 13.5 Å². The van der Waals surface area contributed by atoms with Crippen LogP contribution in [-0.2, 0) is 6.61 Å².